The summed E-state index contributed by atoms with van der Waals surface area (Å²) < 4.78 is 33.2. The second-order valence-electron chi connectivity index (χ2n) is 7.45. The molecule has 1 saturated heterocycles. The average Bonchev–Trinajstić information content (AvgIpc) is 3.27. The van der Waals surface area contributed by atoms with Crippen LogP contribution >= 0.6 is 22.9 Å². The smallest absolute Gasteiger partial charge is 0.252 e. The number of sulfonamides is 1. The van der Waals surface area contributed by atoms with E-state index in [0.29, 0.717) is 28.7 Å². The Morgan fingerprint density at radius 3 is 2.41 bits per heavy atom. The van der Waals surface area contributed by atoms with Crippen molar-refractivity contribution in [2.24, 2.45) is 0 Å². The van der Waals surface area contributed by atoms with E-state index in [1.54, 1.807) is 18.2 Å². The summed E-state index contributed by atoms with van der Waals surface area (Å²) in [5.74, 6) is 0.264. The van der Waals surface area contributed by atoms with E-state index in [2.05, 4.69) is 10.3 Å². The van der Waals surface area contributed by atoms with Gasteiger partial charge in [0, 0.05) is 19.2 Å². The number of rotatable bonds is 6. The number of anilines is 1. The molecule has 1 amide bonds. The second kappa shape index (κ2) is 9.19. The molecule has 7 nitrogen and oxygen atoms in total. The minimum absolute atomic E-state index is 0.188. The van der Waals surface area contributed by atoms with Gasteiger partial charge in [-0.05, 0) is 36.6 Å². The SMILES string of the molecule is COc1ccc(NC(=O)C2(c3ccccc3)CCN(S(=O)(=O)c3ccc(Cl)s3)CC2)cn1. The Labute approximate surface area is 196 Å². The van der Waals surface area contributed by atoms with E-state index in [-0.39, 0.29) is 23.2 Å². The van der Waals surface area contributed by atoms with Crippen LogP contribution in [0.1, 0.15) is 18.4 Å². The summed E-state index contributed by atoms with van der Waals surface area (Å²) >= 11 is 6.97. The van der Waals surface area contributed by atoms with E-state index < -0.39 is 15.4 Å². The molecule has 1 fully saturated rings. The van der Waals surface area contributed by atoms with Crippen LogP contribution in [0.2, 0.25) is 4.34 Å². The second-order valence-corrected chi connectivity index (χ2v) is 11.3. The quantitative estimate of drug-likeness (QED) is 0.559. The third-order valence-corrected chi connectivity index (χ3v) is 9.28. The Morgan fingerprint density at radius 2 is 1.84 bits per heavy atom. The predicted octanol–water partition coefficient (Wildman–Crippen LogP) is 4.17. The molecule has 32 heavy (non-hydrogen) atoms. The minimum Gasteiger partial charge on any atom is -0.481 e. The summed E-state index contributed by atoms with van der Waals surface area (Å²) in [4.78, 5) is 17.7. The molecule has 1 N–H and O–H groups in total. The third-order valence-electron chi connectivity index (χ3n) is 5.68. The summed E-state index contributed by atoms with van der Waals surface area (Å²) in [7, 11) is -2.13. The molecule has 10 heteroatoms. The van der Waals surface area contributed by atoms with Crippen molar-refractivity contribution in [1.29, 1.82) is 0 Å². The van der Waals surface area contributed by atoms with Gasteiger partial charge in [0.15, 0.2) is 0 Å². The van der Waals surface area contributed by atoms with Gasteiger partial charge >= 0.3 is 0 Å². The maximum Gasteiger partial charge on any atom is 0.252 e. The van der Waals surface area contributed by atoms with E-state index >= 15 is 0 Å². The number of methoxy groups -OCH3 is 1. The number of carbonyl (C=O) groups is 1. The Hall–Kier alpha value is -2.46. The fraction of sp³-hybridized carbons (Fsp3) is 0.273. The Morgan fingerprint density at radius 1 is 1.12 bits per heavy atom. The number of piperidine rings is 1. The van der Waals surface area contributed by atoms with Crippen molar-refractivity contribution < 1.29 is 17.9 Å². The molecule has 3 aromatic rings. The summed E-state index contributed by atoms with van der Waals surface area (Å²) in [6.07, 6.45) is 2.24. The highest BCUT2D eigenvalue weighted by Gasteiger charge is 2.45. The molecule has 1 aromatic carbocycles. The zero-order chi connectivity index (χ0) is 22.8. The van der Waals surface area contributed by atoms with Gasteiger partial charge in [0.05, 0.1) is 28.7 Å². The number of aromatic nitrogens is 1. The summed E-state index contributed by atoms with van der Waals surface area (Å²) in [5.41, 5.74) is 0.546. The van der Waals surface area contributed by atoms with Crippen LogP contribution in [-0.4, -0.2) is 43.8 Å². The number of hydrogen-bond donors (Lipinski definition) is 1. The Balaban J connectivity index is 1.59. The van der Waals surface area contributed by atoms with Crippen LogP contribution in [0.15, 0.2) is 65.0 Å². The molecule has 1 aliphatic heterocycles. The first-order valence-electron chi connectivity index (χ1n) is 9.98. The third kappa shape index (κ3) is 4.38. The van der Waals surface area contributed by atoms with Crippen molar-refractivity contribution >= 4 is 44.6 Å². The first-order valence-corrected chi connectivity index (χ1v) is 12.6. The highest BCUT2D eigenvalue weighted by Crippen LogP contribution is 2.39. The van der Waals surface area contributed by atoms with Crippen molar-refractivity contribution in [1.82, 2.24) is 9.29 Å². The molecule has 1 aliphatic rings. The molecule has 0 bridgehead atoms. The average molecular weight is 492 g/mol. The molecule has 0 radical (unpaired) electrons. The van der Waals surface area contributed by atoms with Crippen LogP contribution in [-0.2, 0) is 20.2 Å². The highest BCUT2D eigenvalue weighted by molar-refractivity contribution is 7.91. The standard InChI is InChI=1S/C22H22ClN3O4S2/c1-30-19-9-7-17(15-24-19)25-21(27)22(16-5-3-2-4-6-16)11-13-26(14-12-22)32(28,29)20-10-8-18(23)31-20/h2-10,15H,11-14H2,1H3,(H,25,27). The maximum absolute atomic E-state index is 13.5. The van der Waals surface area contributed by atoms with E-state index in [9.17, 15) is 13.2 Å². The molecular weight excluding hydrogens is 470 g/mol. The lowest BCUT2D eigenvalue weighted by atomic mass is 9.72. The van der Waals surface area contributed by atoms with Gasteiger partial charge in [0.2, 0.25) is 11.8 Å². The molecule has 0 spiro atoms. The van der Waals surface area contributed by atoms with Crippen molar-refractivity contribution in [3.63, 3.8) is 0 Å². The first-order chi connectivity index (χ1) is 15.3. The van der Waals surface area contributed by atoms with Crippen LogP contribution in [0.4, 0.5) is 5.69 Å². The monoisotopic (exact) mass is 491 g/mol. The Kier molecular flexibility index (Phi) is 6.52. The van der Waals surface area contributed by atoms with Crippen molar-refractivity contribution in [3.8, 4) is 5.88 Å². The molecule has 3 heterocycles. The van der Waals surface area contributed by atoms with Gasteiger partial charge in [0.25, 0.3) is 10.0 Å². The van der Waals surface area contributed by atoms with E-state index in [0.717, 1.165) is 16.9 Å². The van der Waals surface area contributed by atoms with E-state index in [4.69, 9.17) is 16.3 Å². The van der Waals surface area contributed by atoms with Crippen LogP contribution in [0.25, 0.3) is 0 Å². The van der Waals surface area contributed by atoms with Gasteiger partial charge in [-0.25, -0.2) is 13.4 Å². The molecule has 2 aromatic heterocycles. The molecule has 0 unspecified atom stereocenters. The normalized spacial score (nSPS) is 16.4. The number of halogens is 1. The van der Waals surface area contributed by atoms with Crippen LogP contribution < -0.4 is 10.1 Å². The van der Waals surface area contributed by atoms with Crippen LogP contribution in [0, 0.1) is 0 Å². The van der Waals surface area contributed by atoms with Crippen molar-refractivity contribution in [3.05, 3.63) is 70.7 Å². The lowest BCUT2D eigenvalue weighted by Crippen LogP contribution is -2.50. The minimum atomic E-state index is -3.65. The number of ether oxygens (including phenoxy) is 1. The number of nitrogens with one attached hydrogen (secondary N) is 1. The number of amides is 1. The van der Waals surface area contributed by atoms with Gasteiger partial charge in [-0.3, -0.25) is 4.79 Å². The molecular formula is C22H22ClN3O4S2. The van der Waals surface area contributed by atoms with Crippen LogP contribution in [0.3, 0.4) is 0 Å². The van der Waals surface area contributed by atoms with Gasteiger partial charge < -0.3 is 10.1 Å². The number of carbonyl (C=O) groups excluding carboxylic acids is 1. The van der Waals surface area contributed by atoms with E-state index in [1.807, 2.05) is 30.3 Å². The zero-order valence-corrected chi connectivity index (χ0v) is 19.7. The summed E-state index contributed by atoms with van der Waals surface area (Å²) in [5, 5.41) is 2.95. The van der Waals surface area contributed by atoms with Gasteiger partial charge in [0.1, 0.15) is 4.21 Å². The molecule has 0 saturated carbocycles. The summed E-state index contributed by atoms with van der Waals surface area (Å²) in [6, 6.07) is 16.0. The van der Waals surface area contributed by atoms with Gasteiger partial charge in [-0.15, -0.1) is 11.3 Å². The molecule has 0 atom stereocenters. The van der Waals surface area contributed by atoms with E-state index in [1.165, 1.54) is 23.7 Å². The molecule has 168 valence electrons. The summed E-state index contributed by atoms with van der Waals surface area (Å²) in [6.45, 7) is 0.446. The zero-order valence-electron chi connectivity index (χ0n) is 17.3. The van der Waals surface area contributed by atoms with Crippen molar-refractivity contribution in [2.45, 2.75) is 22.5 Å². The Bertz CT molecular complexity index is 1190. The van der Waals surface area contributed by atoms with Gasteiger partial charge in [-0.2, -0.15) is 4.31 Å². The largest absolute Gasteiger partial charge is 0.481 e. The number of pyridine rings is 1. The molecule has 4 rings (SSSR count). The topological polar surface area (TPSA) is 88.6 Å². The fourth-order valence-electron chi connectivity index (χ4n) is 3.90. The lowest BCUT2D eigenvalue weighted by molar-refractivity contribution is -0.123. The number of hydrogen-bond acceptors (Lipinski definition) is 6. The molecule has 0 aliphatic carbocycles. The number of benzene rings is 1. The number of thiophene rings is 1. The highest BCUT2D eigenvalue weighted by atomic mass is 35.5. The predicted molar refractivity (Wildman–Crippen MR) is 125 cm³/mol. The number of nitrogens with zero attached hydrogens (tertiary/aromatic N) is 2. The lowest BCUT2D eigenvalue weighted by Gasteiger charge is -2.40. The van der Waals surface area contributed by atoms with Gasteiger partial charge in [-0.1, -0.05) is 41.9 Å². The first kappa shape index (κ1) is 22.7. The van der Waals surface area contributed by atoms with Crippen molar-refractivity contribution in [2.75, 3.05) is 25.5 Å². The van der Waals surface area contributed by atoms with Crippen LogP contribution in [0.5, 0.6) is 5.88 Å². The fourth-order valence-corrected chi connectivity index (χ4v) is 6.98. The maximum atomic E-state index is 13.5.